The second-order valence-electron chi connectivity index (χ2n) is 10.7. The summed E-state index contributed by atoms with van der Waals surface area (Å²) in [7, 11) is 0. The van der Waals surface area contributed by atoms with E-state index in [0.29, 0.717) is 50.7 Å². The summed E-state index contributed by atoms with van der Waals surface area (Å²) in [5.74, 6) is 0.836. The molecule has 1 unspecified atom stereocenters. The van der Waals surface area contributed by atoms with E-state index in [0.717, 1.165) is 36.9 Å². The molecule has 2 aliphatic rings. The van der Waals surface area contributed by atoms with E-state index in [2.05, 4.69) is 36.6 Å². The number of aliphatic hydroxyl groups is 1. The summed E-state index contributed by atoms with van der Waals surface area (Å²) >= 11 is 0. The molecular formula is C30H38F3N3O2. The fourth-order valence-electron chi connectivity index (χ4n) is 5.89. The molecule has 0 aromatic heterocycles. The van der Waals surface area contributed by atoms with Gasteiger partial charge in [-0.05, 0) is 93.9 Å². The maximum absolute atomic E-state index is 13.4. The van der Waals surface area contributed by atoms with E-state index in [4.69, 9.17) is 11.3 Å². The molecule has 0 aliphatic carbocycles. The molecule has 1 atom stereocenters. The van der Waals surface area contributed by atoms with Crippen molar-refractivity contribution < 1.29 is 23.0 Å². The topological polar surface area (TPSA) is 40.3 Å². The summed E-state index contributed by atoms with van der Waals surface area (Å²) in [6, 6.07) is 8.49. The predicted octanol–water partition coefficient (Wildman–Crippen LogP) is 7.22. The Morgan fingerprint density at radius 1 is 1.05 bits per heavy atom. The SMILES string of the molecule is [C-]#[N+]c1ccc(N2CCC(O)(CCOc3ccc(C(CC)N4CCCC4)c(C)c3C)CC2)cc1C(F)(F)F. The molecule has 2 saturated heterocycles. The quantitative estimate of drug-likeness (QED) is 0.367. The van der Waals surface area contributed by atoms with Crippen molar-refractivity contribution in [1.29, 1.82) is 0 Å². The van der Waals surface area contributed by atoms with Crippen LogP contribution in [0.25, 0.3) is 4.85 Å². The first-order chi connectivity index (χ1) is 18.1. The van der Waals surface area contributed by atoms with E-state index >= 15 is 0 Å². The molecule has 2 heterocycles. The molecule has 206 valence electrons. The van der Waals surface area contributed by atoms with E-state index in [-0.39, 0.29) is 0 Å². The number of ether oxygens (including phenoxy) is 1. The first-order valence-corrected chi connectivity index (χ1v) is 13.6. The van der Waals surface area contributed by atoms with Gasteiger partial charge in [0.2, 0.25) is 0 Å². The van der Waals surface area contributed by atoms with Crippen LogP contribution in [-0.2, 0) is 6.18 Å². The fraction of sp³-hybridized carbons (Fsp3) is 0.567. The van der Waals surface area contributed by atoms with Crippen LogP contribution in [0.1, 0.15) is 73.7 Å². The second kappa shape index (κ2) is 11.5. The number of piperidine rings is 1. The molecule has 2 aromatic rings. The molecule has 2 fully saturated rings. The lowest BCUT2D eigenvalue weighted by Crippen LogP contribution is -2.45. The van der Waals surface area contributed by atoms with Gasteiger partial charge in [0.05, 0.1) is 24.3 Å². The van der Waals surface area contributed by atoms with Gasteiger partial charge in [0.15, 0.2) is 5.69 Å². The largest absolute Gasteiger partial charge is 0.493 e. The van der Waals surface area contributed by atoms with Gasteiger partial charge in [-0.2, -0.15) is 13.2 Å². The van der Waals surface area contributed by atoms with Crippen LogP contribution in [0.4, 0.5) is 24.5 Å². The van der Waals surface area contributed by atoms with E-state index in [9.17, 15) is 18.3 Å². The highest BCUT2D eigenvalue weighted by Crippen LogP contribution is 2.40. The van der Waals surface area contributed by atoms with Gasteiger partial charge in [-0.15, -0.1) is 0 Å². The predicted molar refractivity (Wildman–Crippen MR) is 144 cm³/mol. The molecule has 4 rings (SSSR count). The van der Waals surface area contributed by atoms with E-state index in [1.165, 1.54) is 30.0 Å². The summed E-state index contributed by atoms with van der Waals surface area (Å²) < 4.78 is 46.2. The summed E-state index contributed by atoms with van der Waals surface area (Å²) in [6.45, 7) is 17.1. The van der Waals surface area contributed by atoms with Crippen molar-refractivity contribution in [2.24, 2.45) is 0 Å². The third kappa shape index (κ3) is 6.10. The molecule has 38 heavy (non-hydrogen) atoms. The molecule has 8 heteroatoms. The molecule has 0 amide bonds. The third-order valence-electron chi connectivity index (χ3n) is 8.40. The first kappa shape index (κ1) is 28.3. The fourth-order valence-corrected chi connectivity index (χ4v) is 5.89. The maximum Gasteiger partial charge on any atom is 0.407 e. The normalized spacial score (nSPS) is 18.8. The highest BCUT2D eigenvalue weighted by Gasteiger charge is 2.36. The molecule has 1 N–H and O–H groups in total. The lowest BCUT2D eigenvalue weighted by atomic mass is 9.88. The van der Waals surface area contributed by atoms with Crippen molar-refractivity contribution >= 4 is 11.4 Å². The second-order valence-corrected chi connectivity index (χ2v) is 10.7. The minimum Gasteiger partial charge on any atom is -0.493 e. The van der Waals surface area contributed by atoms with Crippen LogP contribution < -0.4 is 9.64 Å². The zero-order valence-electron chi connectivity index (χ0n) is 22.6. The molecule has 0 radical (unpaired) electrons. The standard InChI is InChI=1S/C30H38F3N3O2/c1-5-27(36-15-6-7-16-36)24-9-11-28(22(3)21(24)2)38-19-14-29(37)12-17-35(18-13-29)23-8-10-26(34-4)25(20-23)30(31,32)33/h8-11,20,27,37H,5-7,12-19H2,1-3H3. The lowest BCUT2D eigenvalue weighted by Gasteiger charge is -2.39. The number of benzene rings is 2. The van der Waals surface area contributed by atoms with Crippen molar-refractivity contribution in [3.05, 3.63) is 64.0 Å². The highest BCUT2D eigenvalue weighted by molar-refractivity contribution is 5.62. The van der Waals surface area contributed by atoms with Gasteiger partial charge in [0.25, 0.3) is 0 Å². The van der Waals surface area contributed by atoms with E-state index in [1.54, 1.807) is 6.07 Å². The van der Waals surface area contributed by atoms with Gasteiger partial charge in [-0.1, -0.05) is 19.1 Å². The Morgan fingerprint density at radius 3 is 2.34 bits per heavy atom. The number of nitrogens with zero attached hydrogens (tertiary/aromatic N) is 3. The van der Waals surface area contributed by atoms with E-state index in [1.807, 2.05) is 11.0 Å². The average Bonchev–Trinajstić information content (AvgIpc) is 3.42. The van der Waals surface area contributed by atoms with Crippen molar-refractivity contribution in [3.8, 4) is 5.75 Å². The first-order valence-electron chi connectivity index (χ1n) is 13.6. The number of hydrogen-bond acceptors (Lipinski definition) is 4. The Hall–Kier alpha value is -2.76. The van der Waals surface area contributed by atoms with Crippen LogP contribution >= 0.6 is 0 Å². The summed E-state index contributed by atoms with van der Waals surface area (Å²) in [5.41, 5.74) is 1.94. The molecular weight excluding hydrogens is 491 g/mol. The molecule has 2 aliphatic heterocycles. The number of halogens is 3. The Morgan fingerprint density at radius 2 is 1.74 bits per heavy atom. The number of rotatable bonds is 8. The molecule has 0 bridgehead atoms. The van der Waals surface area contributed by atoms with Gasteiger partial charge in [-0.3, -0.25) is 4.90 Å². The maximum atomic E-state index is 13.4. The molecule has 2 aromatic carbocycles. The van der Waals surface area contributed by atoms with Crippen LogP contribution in [0.15, 0.2) is 30.3 Å². The highest BCUT2D eigenvalue weighted by atomic mass is 19.4. The zero-order valence-corrected chi connectivity index (χ0v) is 22.6. The van der Waals surface area contributed by atoms with E-state index < -0.39 is 23.0 Å². The minimum absolute atomic E-state index is 0.372. The Balaban J connectivity index is 1.34. The molecule has 0 saturated carbocycles. The van der Waals surface area contributed by atoms with Crippen molar-refractivity contribution in [2.45, 2.75) is 77.1 Å². The van der Waals surface area contributed by atoms with Crippen LogP contribution in [0.3, 0.4) is 0 Å². The average molecular weight is 530 g/mol. The van der Waals surface area contributed by atoms with Crippen molar-refractivity contribution in [1.82, 2.24) is 4.90 Å². The van der Waals surface area contributed by atoms with Gasteiger partial charge in [0, 0.05) is 31.2 Å². The van der Waals surface area contributed by atoms with Gasteiger partial charge < -0.3 is 14.7 Å². The van der Waals surface area contributed by atoms with Crippen LogP contribution in [0, 0.1) is 20.4 Å². The van der Waals surface area contributed by atoms with Gasteiger partial charge in [-0.25, -0.2) is 4.85 Å². The van der Waals surface area contributed by atoms with Crippen LogP contribution in [0.2, 0.25) is 0 Å². The number of anilines is 1. The number of hydrogen-bond donors (Lipinski definition) is 1. The third-order valence-corrected chi connectivity index (χ3v) is 8.40. The number of alkyl halides is 3. The van der Waals surface area contributed by atoms with Crippen LogP contribution in [-0.4, -0.2) is 48.4 Å². The smallest absolute Gasteiger partial charge is 0.407 e. The van der Waals surface area contributed by atoms with Crippen LogP contribution in [0.5, 0.6) is 5.75 Å². The van der Waals surface area contributed by atoms with Crippen molar-refractivity contribution in [2.75, 3.05) is 37.7 Å². The van der Waals surface area contributed by atoms with Gasteiger partial charge in [0.1, 0.15) is 5.75 Å². The monoisotopic (exact) mass is 529 g/mol. The van der Waals surface area contributed by atoms with Crippen molar-refractivity contribution in [3.63, 3.8) is 0 Å². The summed E-state index contributed by atoms with van der Waals surface area (Å²) in [6.07, 6.45) is 0.353. The molecule has 0 spiro atoms. The lowest BCUT2D eigenvalue weighted by molar-refractivity contribution is -0.136. The Kier molecular flexibility index (Phi) is 8.59. The number of likely N-dealkylation sites (tertiary alicyclic amines) is 1. The molecule has 5 nitrogen and oxygen atoms in total. The zero-order chi connectivity index (χ0) is 27.5. The Labute approximate surface area is 224 Å². The summed E-state index contributed by atoms with van der Waals surface area (Å²) in [5, 5.41) is 11.1. The Bertz CT molecular complexity index is 1160. The van der Waals surface area contributed by atoms with Gasteiger partial charge >= 0.3 is 6.18 Å². The minimum atomic E-state index is -4.58. The summed E-state index contributed by atoms with van der Waals surface area (Å²) in [4.78, 5) is 7.43.